The Balaban J connectivity index is 2.30. The Kier molecular flexibility index (Phi) is 4.40. The zero-order chi connectivity index (χ0) is 14.9. The molecule has 0 aliphatic rings. The van der Waals surface area contributed by atoms with Gasteiger partial charge in [0.2, 0.25) is 0 Å². The largest absolute Gasteiger partial charge is 0.319 e. The Bertz CT molecular complexity index is 691. The number of carbonyl (C=O) groups excluding carboxylic acids is 1. The van der Waals surface area contributed by atoms with E-state index < -0.39 is 17.5 Å². The number of aryl methyl sites for hydroxylation is 1. The van der Waals surface area contributed by atoms with Crippen molar-refractivity contribution in [2.45, 2.75) is 6.92 Å². The van der Waals surface area contributed by atoms with Gasteiger partial charge in [-0.2, -0.15) is 0 Å². The van der Waals surface area contributed by atoms with Crippen molar-refractivity contribution in [3.8, 4) is 0 Å². The highest BCUT2D eigenvalue weighted by Crippen LogP contribution is 2.24. The van der Waals surface area contributed by atoms with Gasteiger partial charge in [-0.25, -0.2) is 8.78 Å². The molecule has 0 heterocycles. The first-order valence-corrected chi connectivity index (χ1v) is 6.77. The van der Waals surface area contributed by atoms with Crippen LogP contribution >= 0.6 is 27.5 Å². The van der Waals surface area contributed by atoms with Crippen molar-refractivity contribution < 1.29 is 13.6 Å². The van der Waals surface area contributed by atoms with E-state index in [0.29, 0.717) is 16.1 Å². The van der Waals surface area contributed by atoms with E-state index in [1.165, 1.54) is 6.07 Å². The lowest BCUT2D eigenvalue weighted by molar-refractivity contribution is 0.102. The maximum absolute atomic E-state index is 13.6. The number of amides is 1. The molecule has 2 aromatic carbocycles. The van der Waals surface area contributed by atoms with Crippen molar-refractivity contribution in [3.05, 3.63) is 62.6 Å². The summed E-state index contributed by atoms with van der Waals surface area (Å²) < 4.78 is 27.0. The summed E-state index contributed by atoms with van der Waals surface area (Å²) in [7, 11) is 0. The summed E-state index contributed by atoms with van der Waals surface area (Å²) in [6.45, 7) is 1.71. The standard InChI is InChI=1S/C14H9BrClF2NO/c1-7-4-8(16)2-3-9(7)14(20)19-13-6-11(17)10(15)5-12(13)18/h2-6H,1H3,(H,19,20). The van der Waals surface area contributed by atoms with Gasteiger partial charge in [0, 0.05) is 16.7 Å². The number of halogens is 4. The predicted molar refractivity (Wildman–Crippen MR) is 78.2 cm³/mol. The van der Waals surface area contributed by atoms with Gasteiger partial charge in [0.25, 0.3) is 5.91 Å². The third-order valence-corrected chi connectivity index (χ3v) is 3.53. The van der Waals surface area contributed by atoms with Crippen molar-refractivity contribution >= 4 is 39.1 Å². The average Bonchev–Trinajstić information content (AvgIpc) is 2.35. The molecule has 2 aromatic rings. The van der Waals surface area contributed by atoms with E-state index in [2.05, 4.69) is 21.2 Å². The van der Waals surface area contributed by atoms with Crippen molar-refractivity contribution in [1.82, 2.24) is 0 Å². The summed E-state index contributed by atoms with van der Waals surface area (Å²) in [6, 6.07) is 6.58. The first kappa shape index (κ1) is 14.9. The molecule has 2 rings (SSSR count). The SMILES string of the molecule is Cc1cc(Cl)ccc1C(=O)Nc1cc(F)c(Br)cc1F. The first-order valence-electron chi connectivity index (χ1n) is 5.60. The molecular weight excluding hydrogens is 352 g/mol. The Morgan fingerprint density at radius 2 is 1.90 bits per heavy atom. The highest BCUT2D eigenvalue weighted by molar-refractivity contribution is 9.10. The van der Waals surface area contributed by atoms with Crippen LogP contribution < -0.4 is 5.32 Å². The Labute approximate surface area is 127 Å². The molecule has 0 saturated carbocycles. The third kappa shape index (κ3) is 3.16. The highest BCUT2D eigenvalue weighted by atomic mass is 79.9. The lowest BCUT2D eigenvalue weighted by Crippen LogP contribution is -2.14. The lowest BCUT2D eigenvalue weighted by atomic mass is 10.1. The summed E-state index contributed by atoms with van der Waals surface area (Å²) >= 11 is 8.67. The summed E-state index contributed by atoms with van der Waals surface area (Å²) in [4.78, 5) is 12.0. The Morgan fingerprint density at radius 1 is 1.20 bits per heavy atom. The molecule has 6 heteroatoms. The van der Waals surface area contributed by atoms with E-state index in [9.17, 15) is 13.6 Å². The van der Waals surface area contributed by atoms with Crippen LogP contribution in [0.2, 0.25) is 5.02 Å². The fraction of sp³-hybridized carbons (Fsp3) is 0.0714. The normalized spacial score (nSPS) is 10.4. The minimum absolute atomic E-state index is 0.00401. The number of anilines is 1. The summed E-state index contributed by atoms with van der Waals surface area (Å²) in [5, 5.41) is 2.84. The molecule has 0 atom stereocenters. The number of benzene rings is 2. The van der Waals surface area contributed by atoms with Crippen molar-refractivity contribution in [1.29, 1.82) is 0 Å². The fourth-order valence-electron chi connectivity index (χ4n) is 1.69. The second-order valence-corrected chi connectivity index (χ2v) is 5.45. The van der Waals surface area contributed by atoms with Gasteiger partial charge in [-0.05, 0) is 52.7 Å². The Hall–Kier alpha value is -1.46. The van der Waals surface area contributed by atoms with E-state index in [0.717, 1.165) is 12.1 Å². The van der Waals surface area contributed by atoms with Crippen LogP contribution in [-0.4, -0.2) is 5.91 Å². The zero-order valence-electron chi connectivity index (χ0n) is 10.3. The molecule has 0 aliphatic carbocycles. The van der Waals surface area contributed by atoms with Crippen LogP contribution in [0.25, 0.3) is 0 Å². The summed E-state index contributed by atoms with van der Waals surface area (Å²) in [6.07, 6.45) is 0. The van der Waals surface area contributed by atoms with Gasteiger partial charge >= 0.3 is 0 Å². The second kappa shape index (κ2) is 5.89. The molecule has 0 fully saturated rings. The molecular formula is C14H9BrClF2NO. The van der Waals surface area contributed by atoms with Gasteiger partial charge in [-0.1, -0.05) is 11.6 Å². The van der Waals surface area contributed by atoms with Crippen LogP contribution in [0, 0.1) is 18.6 Å². The Morgan fingerprint density at radius 3 is 2.55 bits per heavy atom. The summed E-state index contributed by atoms with van der Waals surface area (Å²) in [5.74, 6) is -1.91. The molecule has 20 heavy (non-hydrogen) atoms. The van der Waals surface area contributed by atoms with Crippen LogP contribution in [0.3, 0.4) is 0 Å². The van der Waals surface area contributed by atoms with E-state index in [4.69, 9.17) is 11.6 Å². The van der Waals surface area contributed by atoms with Gasteiger partial charge in [-0.15, -0.1) is 0 Å². The van der Waals surface area contributed by atoms with E-state index in [1.807, 2.05) is 0 Å². The van der Waals surface area contributed by atoms with Gasteiger partial charge < -0.3 is 5.32 Å². The highest BCUT2D eigenvalue weighted by Gasteiger charge is 2.14. The molecule has 1 amide bonds. The molecule has 0 bridgehead atoms. The number of hydrogen-bond donors (Lipinski definition) is 1. The molecule has 0 spiro atoms. The molecule has 1 N–H and O–H groups in total. The van der Waals surface area contributed by atoms with Gasteiger partial charge in [0.15, 0.2) is 0 Å². The van der Waals surface area contributed by atoms with Crippen LogP contribution in [0.15, 0.2) is 34.8 Å². The fourth-order valence-corrected chi connectivity index (χ4v) is 2.23. The predicted octanol–water partition coefficient (Wildman–Crippen LogP) is 4.94. The number of carbonyl (C=O) groups is 1. The molecule has 104 valence electrons. The van der Waals surface area contributed by atoms with Crippen LogP contribution in [0.4, 0.5) is 14.5 Å². The lowest BCUT2D eigenvalue weighted by Gasteiger charge is -2.09. The maximum atomic E-state index is 13.6. The van der Waals surface area contributed by atoms with Crippen LogP contribution in [0.5, 0.6) is 0 Å². The minimum atomic E-state index is -0.724. The maximum Gasteiger partial charge on any atom is 0.256 e. The number of nitrogens with one attached hydrogen (secondary N) is 1. The first-order chi connectivity index (χ1) is 9.38. The topological polar surface area (TPSA) is 29.1 Å². The molecule has 0 aromatic heterocycles. The zero-order valence-corrected chi connectivity index (χ0v) is 12.6. The molecule has 0 saturated heterocycles. The van der Waals surface area contributed by atoms with E-state index >= 15 is 0 Å². The van der Waals surface area contributed by atoms with Crippen molar-refractivity contribution in [3.63, 3.8) is 0 Å². The molecule has 0 radical (unpaired) electrons. The van der Waals surface area contributed by atoms with E-state index in [-0.39, 0.29) is 10.2 Å². The smallest absolute Gasteiger partial charge is 0.256 e. The number of rotatable bonds is 2. The summed E-state index contributed by atoms with van der Waals surface area (Å²) in [5.41, 5.74) is 0.773. The van der Waals surface area contributed by atoms with E-state index in [1.54, 1.807) is 19.1 Å². The van der Waals surface area contributed by atoms with Gasteiger partial charge in [0.1, 0.15) is 11.6 Å². The minimum Gasteiger partial charge on any atom is -0.319 e. The second-order valence-electron chi connectivity index (χ2n) is 4.16. The monoisotopic (exact) mass is 359 g/mol. The van der Waals surface area contributed by atoms with Gasteiger partial charge in [0.05, 0.1) is 10.2 Å². The average molecular weight is 361 g/mol. The third-order valence-electron chi connectivity index (χ3n) is 2.69. The van der Waals surface area contributed by atoms with Gasteiger partial charge in [-0.3, -0.25) is 4.79 Å². The van der Waals surface area contributed by atoms with Crippen LogP contribution in [0.1, 0.15) is 15.9 Å². The molecule has 0 unspecified atom stereocenters. The molecule has 0 aliphatic heterocycles. The van der Waals surface area contributed by atoms with Crippen LogP contribution in [-0.2, 0) is 0 Å². The quantitative estimate of drug-likeness (QED) is 0.755. The van der Waals surface area contributed by atoms with Crippen molar-refractivity contribution in [2.24, 2.45) is 0 Å². The molecule has 2 nitrogen and oxygen atoms in total. The van der Waals surface area contributed by atoms with Crippen molar-refractivity contribution in [2.75, 3.05) is 5.32 Å². The number of hydrogen-bond acceptors (Lipinski definition) is 1.